The molecule has 1 rings (SSSR count). The van der Waals surface area contributed by atoms with Crippen LogP contribution in [0.15, 0.2) is 24.4 Å². The average Bonchev–Trinajstić information content (AvgIpc) is 2.20. The van der Waals surface area contributed by atoms with E-state index in [0.717, 1.165) is 6.29 Å². The third kappa shape index (κ3) is 6.64. The van der Waals surface area contributed by atoms with E-state index in [1.165, 1.54) is 0 Å². The van der Waals surface area contributed by atoms with Crippen molar-refractivity contribution in [3.8, 4) is 0 Å². The molecule has 0 aliphatic heterocycles. The molecule has 0 spiro atoms. The van der Waals surface area contributed by atoms with Gasteiger partial charge in [0.25, 0.3) is 0 Å². The molecule has 1 heterocycles. The van der Waals surface area contributed by atoms with Gasteiger partial charge in [-0.3, -0.25) is 14.6 Å². The zero-order valence-electron chi connectivity index (χ0n) is 6.88. The average molecular weight is 182 g/mol. The lowest BCUT2D eigenvalue weighted by Gasteiger charge is -1.81. The fourth-order valence-corrected chi connectivity index (χ4v) is 0.446. The van der Waals surface area contributed by atoms with Gasteiger partial charge in [-0.15, -0.1) is 0 Å². The largest absolute Gasteiger partial charge is 0.480 e. The minimum absolute atomic E-state index is 0.278. The number of hydrogen-bond acceptors (Lipinski definition) is 4. The quantitative estimate of drug-likeness (QED) is 0.624. The van der Waals surface area contributed by atoms with E-state index in [1.54, 1.807) is 24.4 Å². The first-order valence-corrected chi connectivity index (χ1v) is 3.48. The number of nitrogens with two attached hydrogens (primary N) is 1. The Morgan fingerprint density at radius 3 is 2.46 bits per heavy atom. The molecular formula is C8H10N2O3. The van der Waals surface area contributed by atoms with Crippen molar-refractivity contribution in [2.75, 3.05) is 6.54 Å². The van der Waals surface area contributed by atoms with E-state index in [1.807, 2.05) is 0 Å². The second-order valence-corrected chi connectivity index (χ2v) is 1.97. The number of aldehydes is 1. The van der Waals surface area contributed by atoms with E-state index < -0.39 is 5.97 Å². The zero-order valence-corrected chi connectivity index (χ0v) is 6.88. The molecule has 5 nitrogen and oxygen atoms in total. The Morgan fingerprint density at radius 1 is 1.62 bits per heavy atom. The molecule has 13 heavy (non-hydrogen) atoms. The Hall–Kier alpha value is -1.75. The second-order valence-electron chi connectivity index (χ2n) is 1.97. The van der Waals surface area contributed by atoms with Crippen molar-refractivity contribution in [3.63, 3.8) is 0 Å². The minimum atomic E-state index is -0.968. The summed E-state index contributed by atoms with van der Waals surface area (Å²) in [6.45, 7) is -0.278. The van der Waals surface area contributed by atoms with Crippen LogP contribution in [0.4, 0.5) is 0 Å². The third-order valence-corrected chi connectivity index (χ3v) is 0.983. The van der Waals surface area contributed by atoms with Crippen molar-refractivity contribution in [3.05, 3.63) is 30.1 Å². The normalized spacial score (nSPS) is 8.08. The van der Waals surface area contributed by atoms with Gasteiger partial charge >= 0.3 is 5.97 Å². The molecule has 0 unspecified atom stereocenters. The predicted octanol–water partition coefficient (Wildman–Crippen LogP) is -0.0762. The number of aliphatic carboxylic acids is 1. The van der Waals surface area contributed by atoms with Crippen LogP contribution in [0.1, 0.15) is 10.5 Å². The van der Waals surface area contributed by atoms with Crippen molar-refractivity contribution in [2.24, 2.45) is 5.73 Å². The monoisotopic (exact) mass is 182 g/mol. The van der Waals surface area contributed by atoms with Gasteiger partial charge in [-0.1, -0.05) is 6.07 Å². The number of carbonyl (C=O) groups is 2. The summed E-state index contributed by atoms with van der Waals surface area (Å²) in [5.41, 5.74) is 5.05. The van der Waals surface area contributed by atoms with Crippen LogP contribution < -0.4 is 5.73 Å². The molecule has 0 fully saturated rings. The fraction of sp³-hybridized carbons (Fsp3) is 0.125. The van der Waals surface area contributed by atoms with Crippen molar-refractivity contribution >= 4 is 12.3 Å². The molecule has 0 bridgehead atoms. The molecule has 70 valence electrons. The van der Waals surface area contributed by atoms with E-state index >= 15 is 0 Å². The minimum Gasteiger partial charge on any atom is -0.480 e. The Balaban J connectivity index is 0.000000252. The van der Waals surface area contributed by atoms with Gasteiger partial charge in [0.05, 0.1) is 6.54 Å². The molecule has 0 saturated carbocycles. The number of carboxylic acid groups (broad SMARTS) is 1. The Labute approximate surface area is 75.2 Å². The summed E-state index contributed by atoms with van der Waals surface area (Å²) in [7, 11) is 0. The van der Waals surface area contributed by atoms with E-state index in [2.05, 4.69) is 10.7 Å². The van der Waals surface area contributed by atoms with Crippen LogP contribution in [-0.4, -0.2) is 28.9 Å². The maximum absolute atomic E-state index is 9.94. The third-order valence-electron chi connectivity index (χ3n) is 0.983. The lowest BCUT2D eigenvalue weighted by Crippen LogP contribution is -2.10. The zero-order chi connectivity index (χ0) is 10.1. The van der Waals surface area contributed by atoms with Gasteiger partial charge in [0.1, 0.15) is 5.69 Å². The summed E-state index contributed by atoms with van der Waals surface area (Å²) < 4.78 is 0. The van der Waals surface area contributed by atoms with Gasteiger partial charge in [0, 0.05) is 6.20 Å². The molecule has 5 heteroatoms. The smallest absolute Gasteiger partial charge is 0.317 e. The number of hydrogen-bond donors (Lipinski definition) is 2. The SMILES string of the molecule is NCC(=O)O.O=Cc1ccccn1. The highest BCUT2D eigenvalue weighted by atomic mass is 16.4. The topological polar surface area (TPSA) is 93.3 Å². The summed E-state index contributed by atoms with van der Waals surface area (Å²) in [4.78, 5) is 22.9. The van der Waals surface area contributed by atoms with Crippen LogP contribution in [0, 0.1) is 0 Å². The Bertz CT molecular complexity index is 261. The highest BCUT2D eigenvalue weighted by molar-refractivity contribution is 5.71. The highest BCUT2D eigenvalue weighted by Gasteiger charge is 1.82. The summed E-state index contributed by atoms with van der Waals surface area (Å²) in [6, 6.07) is 5.21. The summed E-state index contributed by atoms with van der Waals surface area (Å²) in [5, 5.41) is 7.60. The van der Waals surface area contributed by atoms with Gasteiger partial charge in [-0.05, 0) is 12.1 Å². The number of aromatic nitrogens is 1. The Morgan fingerprint density at radius 2 is 2.23 bits per heavy atom. The molecule has 1 aromatic rings. The van der Waals surface area contributed by atoms with Crippen molar-refractivity contribution in [1.29, 1.82) is 0 Å². The lowest BCUT2D eigenvalue weighted by molar-refractivity contribution is -0.135. The molecule has 0 aliphatic carbocycles. The van der Waals surface area contributed by atoms with Crippen LogP contribution in [0.3, 0.4) is 0 Å². The van der Waals surface area contributed by atoms with Gasteiger partial charge in [0.15, 0.2) is 6.29 Å². The standard InChI is InChI=1S/C6H5NO.C2H5NO2/c8-5-6-3-1-2-4-7-6;3-1-2(4)5/h1-5H;1,3H2,(H,4,5). The van der Waals surface area contributed by atoms with E-state index in [0.29, 0.717) is 5.69 Å². The second kappa shape index (κ2) is 6.93. The van der Waals surface area contributed by atoms with Crippen LogP contribution >= 0.6 is 0 Å². The first-order chi connectivity index (χ1) is 6.20. The van der Waals surface area contributed by atoms with E-state index in [4.69, 9.17) is 5.11 Å². The first kappa shape index (κ1) is 11.2. The van der Waals surface area contributed by atoms with Gasteiger partial charge in [-0.2, -0.15) is 0 Å². The van der Waals surface area contributed by atoms with Gasteiger partial charge < -0.3 is 10.8 Å². The summed E-state index contributed by atoms with van der Waals surface area (Å²) in [5.74, 6) is -0.968. The molecule has 3 N–H and O–H groups in total. The predicted molar refractivity (Wildman–Crippen MR) is 46.3 cm³/mol. The Kier molecular flexibility index (Phi) is 6.00. The number of nitrogens with zero attached hydrogens (tertiary/aromatic N) is 1. The van der Waals surface area contributed by atoms with E-state index in [9.17, 15) is 9.59 Å². The fourth-order valence-electron chi connectivity index (χ4n) is 0.446. The molecule has 0 aliphatic rings. The number of carbonyl (C=O) groups excluding carboxylic acids is 1. The first-order valence-electron chi connectivity index (χ1n) is 3.48. The van der Waals surface area contributed by atoms with Crippen LogP contribution in [0.25, 0.3) is 0 Å². The number of pyridine rings is 1. The molecule has 0 saturated heterocycles. The van der Waals surface area contributed by atoms with Gasteiger partial charge in [-0.25, -0.2) is 0 Å². The van der Waals surface area contributed by atoms with Crippen LogP contribution in [0.2, 0.25) is 0 Å². The molecule has 0 aromatic carbocycles. The van der Waals surface area contributed by atoms with Crippen molar-refractivity contribution in [1.82, 2.24) is 4.98 Å². The number of rotatable bonds is 2. The highest BCUT2D eigenvalue weighted by Crippen LogP contribution is 1.85. The van der Waals surface area contributed by atoms with Gasteiger partial charge in [0.2, 0.25) is 0 Å². The van der Waals surface area contributed by atoms with Crippen LogP contribution in [-0.2, 0) is 4.79 Å². The van der Waals surface area contributed by atoms with Crippen molar-refractivity contribution in [2.45, 2.75) is 0 Å². The molecule has 1 aromatic heterocycles. The maximum Gasteiger partial charge on any atom is 0.317 e. The van der Waals surface area contributed by atoms with E-state index in [-0.39, 0.29) is 6.54 Å². The van der Waals surface area contributed by atoms with Crippen LogP contribution in [0.5, 0.6) is 0 Å². The maximum atomic E-state index is 9.94. The lowest BCUT2D eigenvalue weighted by atomic mass is 10.4. The molecule has 0 amide bonds. The molecule has 0 atom stereocenters. The van der Waals surface area contributed by atoms with Crippen molar-refractivity contribution < 1.29 is 14.7 Å². The molecular weight excluding hydrogens is 172 g/mol. The summed E-state index contributed by atoms with van der Waals surface area (Å²) >= 11 is 0. The molecule has 0 radical (unpaired) electrons. The number of carboxylic acids is 1. The summed E-state index contributed by atoms with van der Waals surface area (Å²) in [6.07, 6.45) is 2.31.